The van der Waals surface area contributed by atoms with E-state index in [-0.39, 0.29) is 5.91 Å². The second-order valence-corrected chi connectivity index (χ2v) is 6.90. The summed E-state index contributed by atoms with van der Waals surface area (Å²) in [4.78, 5) is 20.8. The van der Waals surface area contributed by atoms with Crippen molar-refractivity contribution in [2.24, 2.45) is 17.8 Å². The molecule has 1 saturated carbocycles. The Morgan fingerprint density at radius 3 is 2.68 bits per heavy atom. The first-order valence-electron chi connectivity index (χ1n) is 8.31. The molecule has 1 unspecified atom stereocenters. The first-order valence-corrected chi connectivity index (χ1v) is 8.31. The summed E-state index contributed by atoms with van der Waals surface area (Å²) >= 11 is 0. The largest absolute Gasteiger partial charge is 0.438 e. The van der Waals surface area contributed by atoms with Gasteiger partial charge in [0.1, 0.15) is 0 Å². The van der Waals surface area contributed by atoms with Crippen molar-refractivity contribution in [3.63, 3.8) is 0 Å². The van der Waals surface area contributed by atoms with Crippen LogP contribution in [-0.4, -0.2) is 53.4 Å². The molecule has 5 heteroatoms. The summed E-state index contributed by atoms with van der Waals surface area (Å²) in [7, 11) is 0. The molecule has 1 amide bonds. The van der Waals surface area contributed by atoms with Gasteiger partial charge in [0.25, 0.3) is 5.91 Å². The van der Waals surface area contributed by atoms with Gasteiger partial charge in [0.05, 0.1) is 5.69 Å². The zero-order chi connectivity index (χ0) is 15.1. The molecule has 0 spiro atoms. The van der Waals surface area contributed by atoms with Gasteiger partial charge in [0, 0.05) is 32.7 Å². The topological polar surface area (TPSA) is 49.6 Å². The molecule has 1 aromatic rings. The van der Waals surface area contributed by atoms with Crippen molar-refractivity contribution in [2.75, 3.05) is 32.7 Å². The van der Waals surface area contributed by atoms with E-state index in [9.17, 15) is 4.79 Å². The molecule has 3 aliphatic rings. The van der Waals surface area contributed by atoms with Crippen LogP contribution in [0.2, 0.25) is 0 Å². The third-order valence-corrected chi connectivity index (χ3v) is 5.51. The molecule has 2 aliphatic carbocycles. The molecule has 2 fully saturated rings. The molecule has 1 aromatic heterocycles. The quantitative estimate of drug-likeness (QED) is 0.801. The van der Waals surface area contributed by atoms with Crippen LogP contribution in [0.3, 0.4) is 0 Å². The van der Waals surface area contributed by atoms with Gasteiger partial charge in [-0.25, -0.2) is 4.98 Å². The van der Waals surface area contributed by atoms with Crippen molar-refractivity contribution >= 4 is 5.91 Å². The minimum Gasteiger partial charge on any atom is -0.438 e. The Hall–Kier alpha value is -1.62. The first kappa shape index (κ1) is 14.0. The molecule has 1 aliphatic heterocycles. The van der Waals surface area contributed by atoms with Crippen molar-refractivity contribution in [3.05, 3.63) is 30.0 Å². The van der Waals surface area contributed by atoms with E-state index < -0.39 is 0 Å². The first-order chi connectivity index (χ1) is 10.7. The van der Waals surface area contributed by atoms with E-state index in [2.05, 4.69) is 22.0 Å². The maximum atomic E-state index is 12.4. The Kier molecular flexibility index (Phi) is 3.53. The minimum absolute atomic E-state index is 0.0162. The van der Waals surface area contributed by atoms with Gasteiger partial charge in [0.2, 0.25) is 5.76 Å². The smallest absolute Gasteiger partial charge is 0.291 e. The average Bonchev–Trinajstić information content (AvgIpc) is 3.24. The fourth-order valence-electron chi connectivity index (χ4n) is 4.22. The van der Waals surface area contributed by atoms with Crippen LogP contribution in [0.25, 0.3) is 0 Å². The van der Waals surface area contributed by atoms with Gasteiger partial charge < -0.3 is 9.32 Å². The number of rotatable bonds is 3. The second-order valence-electron chi connectivity index (χ2n) is 6.90. The van der Waals surface area contributed by atoms with Crippen molar-refractivity contribution in [3.8, 4) is 0 Å². The lowest BCUT2D eigenvalue weighted by atomic mass is 9.93. The number of hydrogen-bond donors (Lipinski definition) is 0. The highest BCUT2D eigenvalue weighted by Crippen LogP contribution is 2.43. The average molecular weight is 301 g/mol. The summed E-state index contributed by atoms with van der Waals surface area (Å²) < 4.78 is 5.22. The summed E-state index contributed by atoms with van der Waals surface area (Å²) in [6.07, 6.45) is 8.90. The number of nitrogens with zero attached hydrogens (tertiary/aromatic N) is 3. The lowest BCUT2D eigenvalue weighted by Gasteiger charge is -2.36. The van der Waals surface area contributed by atoms with E-state index >= 15 is 0 Å². The number of allylic oxidation sites excluding steroid dienone is 2. The summed E-state index contributed by atoms with van der Waals surface area (Å²) in [6.45, 7) is 6.52. The molecule has 1 saturated heterocycles. The fourth-order valence-corrected chi connectivity index (χ4v) is 4.22. The van der Waals surface area contributed by atoms with Gasteiger partial charge >= 0.3 is 0 Å². The number of fused-ring (bicyclic) bond motifs is 2. The number of carbonyl (C=O) groups is 1. The van der Waals surface area contributed by atoms with E-state index in [1.807, 2.05) is 11.8 Å². The van der Waals surface area contributed by atoms with Crippen LogP contribution < -0.4 is 0 Å². The van der Waals surface area contributed by atoms with E-state index in [0.717, 1.165) is 43.9 Å². The molecule has 2 bridgehead atoms. The highest BCUT2D eigenvalue weighted by molar-refractivity contribution is 5.92. The standard InChI is InChI=1S/C17H23N3O2/c1-12-16(22-11-18-12)17(21)20-6-4-19(5-7-20)10-15-9-13-2-3-14(15)8-13/h2-3,11,13-15H,4-10H2,1H3/t13-,14+,15?/m0/s1. The molecule has 0 aromatic carbocycles. The predicted octanol–water partition coefficient (Wildman–Crippen LogP) is 1.95. The van der Waals surface area contributed by atoms with Gasteiger partial charge in [-0.2, -0.15) is 0 Å². The number of aryl methyl sites for hydroxylation is 1. The second kappa shape index (κ2) is 5.54. The highest BCUT2D eigenvalue weighted by Gasteiger charge is 2.37. The molecule has 5 nitrogen and oxygen atoms in total. The van der Waals surface area contributed by atoms with E-state index in [1.165, 1.54) is 25.8 Å². The zero-order valence-corrected chi connectivity index (χ0v) is 13.1. The third-order valence-electron chi connectivity index (χ3n) is 5.51. The number of hydrogen-bond acceptors (Lipinski definition) is 4. The Balaban J connectivity index is 1.30. The number of amides is 1. The third kappa shape index (κ3) is 2.47. The predicted molar refractivity (Wildman–Crippen MR) is 82.4 cm³/mol. The normalized spacial score (nSPS) is 31.1. The number of carbonyl (C=O) groups excluding carboxylic acids is 1. The lowest BCUT2D eigenvalue weighted by Crippen LogP contribution is -2.50. The van der Waals surface area contributed by atoms with Crippen molar-refractivity contribution in [2.45, 2.75) is 19.8 Å². The van der Waals surface area contributed by atoms with E-state index in [0.29, 0.717) is 11.5 Å². The van der Waals surface area contributed by atoms with Crippen LogP contribution in [0.4, 0.5) is 0 Å². The molecular weight excluding hydrogens is 278 g/mol. The van der Waals surface area contributed by atoms with Gasteiger partial charge in [-0.05, 0) is 37.5 Å². The molecule has 0 radical (unpaired) electrons. The van der Waals surface area contributed by atoms with Crippen molar-refractivity contribution < 1.29 is 9.21 Å². The van der Waals surface area contributed by atoms with E-state index in [4.69, 9.17) is 4.42 Å². The van der Waals surface area contributed by atoms with Crippen molar-refractivity contribution in [1.29, 1.82) is 0 Å². The molecule has 3 atom stereocenters. The van der Waals surface area contributed by atoms with Crippen LogP contribution in [0, 0.1) is 24.7 Å². The summed E-state index contributed by atoms with van der Waals surface area (Å²) in [5.41, 5.74) is 0.682. The number of piperazine rings is 1. The SMILES string of the molecule is Cc1ncoc1C(=O)N1CCN(CC2C[C@H]3C=C[C@@H]2C3)CC1. The Bertz CT molecular complexity index is 586. The van der Waals surface area contributed by atoms with Crippen LogP contribution in [0.1, 0.15) is 29.1 Å². The highest BCUT2D eigenvalue weighted by atomic mass is 16.3. The molecule has 4 rings (SSSR count). The summed E-state index contributed by atoms with van der Waals surface area (Å²) in [5.74, 6) is 2.85. The molecule has 118 valence electrons. The minimum atomic E-state index is -0.0162. The zero-order valence-electron chi connectivity index (χ0n) is 13.1. The fraction of sp³-hybridized carbons (Fsp3) is 0.647. The Labute approximate surface area is 131 Å². The monoisotopic (exact) mass is 301 g/mol. The Morgan fingerprint density at radius 2 is 2.09 bits per heavy atom. The van der Waals surface area contributed by atoms with Crippen LogP contribution in [0.15, 0.2) is 23.0 Å². The maximum Gasteiger partial charge on any atom is 0.291 e. The van der Waals surface area contributed by atoms with Crippen LogP contribution >= 0.6 is 0 Å². The molecular formula is C17H23N3O2. The molecule has 0 N–H and O–H groups in total. The van der Waals surface area contributed by atoms with Crippen LogP contribution in [-0.2, 0) is 0 Å². The molecule has 22 heavy (non-hydrogen) atoms. The summed E-state index contributed by atoms with van der Waals surface area (Å²) in [6, 6.07) is 0. The van der Waals surface area contributed by atoms with Gasteiger partial charge in [-0.3, -0.25) is 9.69 Å². The van der Waals surface area contributed by atoms with Gasteiger partial charge in [0.15, 0.2) is 6.39 Å². The number of aromatic nitrogens is 1. The van der Waals surface area contributed by atoms with Gasteiger partial charge in [-0.15, -0.1) is 0 Å². The Morgan fingerprint density at radius 1 is 1.27 bits per heavy atom. The summed E-state index contributed by atoms with van der Waals surface area (Å²) in [5, 5.41) is 0. The molecule has 2 heterocycles. The lowest BCUT2D eigenvalue weighted by molar-refractivity contribution is 0.0579. The maximum absolute atomic E-state index is 12.4. The van der Waals surface area contributed by atoms with Gasteiger partial charge in [-0.1, -0.05) is 12.2 Å². The van der Waals surface area contributed by atoms with Crippen LogP contribution in [0.5, 0.6) is 0 Å². The number of oxazole rings is 1. The van der Waals surface area contributed by atoms with Crippen molar-refractivity contribution in [1.82, 2.24) is 14.8 Å². The van der Waals surface area contributed by atoms with E-state index in [1.54, 1.807) is 0 Å².